The van der Waals surface area contributed by atoms with Gasteiger partial charge in [0.25, 0.3) is 10.0 Å². The van der Waals surface area contributed by atoms with E-state index in [1.54, 1.807) is 14.0 Å². The second-order valence-electron chi connectivity index (χ2n) is 4.12. The fourth-order valence-electron chi connectivity index (χ4n) is 1.61. The van der Waals surface area contributed by atoms with Gasteiger partial charge in [0.1, 0.15) is 10.7 Å². The number of nitrogens with zero attached hydrogens (tertiary/aromatic N) is 2. The molecule has 0 aliphatic heterocycles. The van der Waals surface area contributed by atoms with E-state index in [-0.39, 0.29) is 16.4 Å². The largest absolute Gasteiger partial charge is 0.381 e. The van der Waals surface area contributed by atoms with Crippen LogP contribution >= 0.6 is 0 Å². The van der Waals surface area contributed by atoms with Crippen molar-refractivity contribution in [3.63, 3.8) is 0 Å². The highest BCUT2D eigenvalue weighted by molar-refractivity contribution is 7.92. The lowest BCUT2D eigenvalue weighted by molar-refractivity contribution is 0.601. The number of rotatable bonds is 3. The molecule has 0 bridgehead atoms. The molecule has 0 spiro atoms. The number of hydrogen-bond donors (Lipinski definition) is 2. The fourth-order valence-corrected chi connectivity index (χ4v) is 2.76. The third-order valence-corrected chi connectivity index (χ3v) is 3.92. The number of aryl methyl sites for hydroxylation is 2. The van der Waals surface area contributed by atoms with Crippen LogP contribution in [0.1, 0.15) is 5.56 Å². The van der Waals surface area contributed by atoms with Crippen LogP contribution in [0.15, 0.2) is 29.3 Å². The van der Waals surface area contributed by atoms with Crippen LogP contribution in [0.4, 0.5) is 15.9 Å². The third-order valence-electron chi connectivity index (χ3n) is 2.52. The van der Waals surface area contributed by atoms with Gasteiger partial charge in [-0.05, 0) is 30.7 Å². The number of aromatic nitrogens is 2. The predicted molar refractivity (Wildman–Crippen MR) is 69.6 cm³/mol. The van der Waals surface area contributed by atoms with E-state index in [1.165, 1.54) is 29.1 Å². The maximum absolute atomic E-state index is 13.1. The first-order chi connectivity index (χ1) is 8.79. The van der Waals surface area contributed by atoms with Gasteiger partial charge < -0.3 is 5.73 Å². The van der Waals surface area contributed by atoms with Crippen molar-refractivity contribution in [2.75, 3.05) is 10.5 Å². The Bertz CT molecular complexity index is 724. The van der Waals surface area contributed by atoms with E-state index >= 15 is 0 Å². The highest BCUT2D eigenvalue weighted by atomic mass is 32.2. The van der Waals surface area contributed by atoms with Gasteiger partial charge in [0.2, 0.25) is 0 Å². The van der Waals surface area contributed by atoms with Crippen molar-refractivity contribution >= 4 is 21.5 Å². The molecule has 1 aromatic heterocycles. The Morgan fingerprint density at radius 1 is 1.42 bits per heavy atom. The standard InChI is InChI=1S/C11H13FN4O2S/c1-7-5-8(3-4-9(7)12)15-19(17,18)10-6-16(2)14-11(10)13/h3-6,15H,1-2H3,(H2,13,14). The van der Waals surface area contributed by atoms with Gasteiger partial charge in [-0.1, -0.05) is 0 Å². The zero-order chi connectivity index (χ0) is 14.2. The zero-order valence-electron chi connectivity index (χ0n) is 10.4. The van der Waals surface area contributed by atoms with Crippen molar-refractivity contribution in [1.82, 2.24) is 9.78 Å². The molecule has 1 aromatic carbocycles. The van der Waals surface area contributed by atoms with Crippen molar-refractivity contribution < 1.29 is 12.8 Å². The molecule has 0 saturated carbocycles. The SMILES string of the molecule is Cc1cc(NS(=O)(=O)c2cn(C)nc2N)ccc1F. The second kappa shape index (κ2) is 4.54. The summed E-state index contributed by atoms with van der Waals surface area (Å²) in [7, 11) is -2.27. The molecule has 0 saturated heterocycles. The topological polar surface area (TPSA) is 90.0 Å². The summed E-state index contributed by atoms with van der Waals surface area (Å²) < 4.78 is 40.9. The van der Waals surface area contributed by atoms with Crippen LogP contribution in [0.25, 0.3) is 0 Å². The first-order valence-corrected chi connectivity index (χ1v) is 6.86. The number of sulfonamides is 1. The number of hydrogen-bond acceptors (Lipinski definition) is 4. The molecule has 1 heterocycles. The van der Waals surface area contributed by atoms with Crippen molar-refractivity contribution in [3.05, 3.63) is 35.8 Å². The molecular formula is C11H13FN4O2S. The van der Waals surface area contributed by atoms with Crippen LogP contribution in [0.3, 0.4) is 0 Å². The van der Waals surface area contributed by atoms with Gasteiger partial charge in [0.05, 0.1) is 0 Å². The van der Waals surface area contributed by atoms with Crippen LogP contribution in [0.5, 0.6) is 0 Å². The highest BCUT2D eigenvalue weighted by Crippen LogP contribution is 2.21. The molecule has 2 rings (SSSR count). The molecule has 0 unspecified atom stereocenters. The molecule has 0 fully saturated rings. The minimum Gasteiger partial charge on any atom is -0.381 e. The predicted octanol–water partition coefficient (Wildman–Crippen LogP) is 1.25. The number of benzene rings is 1. The van der Waals surface area contributed by atoms with Gasteiger partial charge in [-0.15, -0.1) is 0 Å². The van der Waals surface area contributed by atoms with E-state index in [2.05, 4.69) is 9.82 Å². The molecule has 3 N–H and O–H groups in total. The van der Waals surface area contributed by atoms with E-state index in [0.717, 1.165) is 0 Å². The Morgan fingerprint density at radius 2 is 2.11 bits per heavy atom. The summed E-state index contributed by atoms with van der Waals surface area (Å²) in [6.45, 7) is 1.55. The maximum Gasteiger partial charge on any atom is 0.267 e. The Labute approximate surface area is 110 Å². The van der Waals surface area contributed by atoms with E-state index in [4.69, 9.17) is 5.73 Å². The number of nitrogen functional groups attached to an aromatic ring is 1. The van der Waals surface area contributed by atoms with E-state index in [9.17, 15) is 12.8 Å². The van der Waals surface area contributed by atoms with Gasteiger partial charge in [-0.3, -0.25) is 9.40 Å². The summed E-state index contributed by atoms with van der Waals surface area (Å²) in [6, 6.07) is 3.94. The lowest BCUT2D eigenvalue weighted by Crippen LogP contribution is -2.14. The van der Waals surface area contributed by atoms with Gasteiger partial charge >= 0.3 is 0 Å². The van der Waals surface area contributed by atoms with Crippen LogP contribution in [0, 0.1) is 12.7 Å². The van der Waals surface area contributed by atoms with Crippen molar-refractivity contribution in [3.8, 4) is 0 Å². The smallest absolute Gasteiger partial charge is 0.267 e. The van der Waals surface area contributed by atoms with Crippen molar-refractivity contribution in [2.24, 2.45) is 7.05 Å². The van der Waals surface area contributed by atoms with E-state index < -0.39 is 15.8 Å². The average molecular weight is 284 g/mol. The molecule has 19 heavy (non-hydrogen) atoms. The molecule has 0 radical (unpaired) electrons. The monoisotopic (exact) mass is 284 g/mol. The number of anilines is 2. The molecule has 102 valence electrons. The minimum absolute atomic E-state index is 0.0890. The first kappa shape index (κ1) is 13.3. The fraction of sp³-hybridized carbons (Fsp3) is 0.182. The summed E-state index contributed by atoms with van der Waals surface area (Å²) >= 11 is 0. The molecular weight excluding hydrogens is 271 g/mol. The van der Waals surface area contributed by atoms with E-state index in [0.29, 0.717) is 5.56 Å². The molecule has 0 amide bonds. The molecule has 2 aromatic rings. The van der Waals surface area contributed by atoms with Crippen LogP contribution in [-0.4, -0.2) is 18.2 Å². The maximum atomic E-state index is 13.1. The molecule has 0 aliphatic carbocycles. The second-order valence-corrected chi connectivity index (χ2v) is 5.77. The summed E-state index contributed by atoms with van der Waals surface area (Å²) in [5, 5.41) is 3.77. The lowest BCUT2D eigenvalue weighted by atomic mass is 10.2. The third kappa shape index (κ3) is 2.68. The normalized spacial score (nSPS) is 11.5. The molecule has 0 atom stereocenters. The van der Waals surface area contributed by atoms with Crippen molar-refractivity contribution in [1.29, 1.82) is 0 Å². The van der Waals surface area contributed by atoms with Gasteiger partial charge in [-0.25, -0.2) is 12.8 Å². The van der Waals surface area contributed by atoms with Crippen molar-refractivity contribution in [2.45, 2.75) is 11.8 Å². The Morgan fingerprint density at radius 3 is 2.63 bits per heavy atom. The Kier molecular flexibility index (Phi) is 3.19. The Hall–Kier alpha value is -2.09. The lowest BCUT2D eigenvalue weighted by Gasteiger charge is -2.07. The average Bonchev–Trinajstić information content (AvgIpc) is 2.63. The van der Waals surface area contributed by atoms with Gasteiger partial charge in [0.15, 0.2) is 5.82 Å². The molecule has 6 nitrogen and oxygen atoms in total. The van der Waals surface area contributed by atoms with Crippen LogP contribution in [-0.2, 0) is 17.1 Å². The van der Waals surface area contributed by atoms with Crippen LogP contribution < -0.4 is 10.5 Å². The number of nitrogens with one attached hydrogen (secondary N) is 1. The summed E-state index contributed by atoms with van der Waals surface area (Å²) in [6.07, 6.45) is 1.30. The summed E-state index contributed by atoms with van der Waals surface area (Å²) in [5.41, 5.74) is 6.14. The first-order valence-electron chi connectivity index (χ1n) is 5.37. The highest BCUT2D eigenvalue weighted by Gasteiger charge is 2.20. The summed E-state index contributed by atoms with van der Waals surface area (Å²) in [4.78, 5) is -0.114. The number of halogens is 1. The number of nitrogens with two attached hydrogens (primary N) is 1. The van der Waals surface area contributed by atoms with Gasteiger partial charge in [0, 0.05) is 18.9 Å². The van der Waals surface area contributed by atoms with Gasteiger partial charge in [-0.2, -0.15) is 5.10 Å². The minimum atomic E-state index is -3.83. The Balaban J connectivity index is 2.36. The molecule has 8 heteroatoms. The zero-order valence-corrected chi connectivity index (χ0v) is 11.2. The van der Waals surface area contributed by atoms with E-state index in [1.807, 2.05) is 0 Å². The van der Waals surface area contributed by atoms with Crippen LogP contribution in [0.2, 0.25) is 0 Å². The molecule has 0 aliphatic rings. The quantitative estimate of drug-likeness (QED) is 0.887. The summed E-state index contributed by atoms with van der Waals surface area (Å²) in [5.74, 6) is -0.488.